The normalized spacial score (nSPS) is 12.1. The van der Waals surface area contributed by atoms with Gasteiger partial charge in [0.25, 0.3) is 11.8 Å². The number of nitrogens with one attached hydrogen (secondary N) is 1. The Hall–Kier alpha value is -4.46. The molecule has 1 atom stereocenters. The highest BCUT2D eigenvalue weighted by atomic mass is 16.2. The number of nitrogens with zero attached hydrogens (tertiary/aromatic N) is 5. The lowest BCUT2D eigenvalue weighted by Gasteiger charge is -2.28. The minimum atomic E-state index is -0.234. The number of amides is 2. The minimum absolute atomic E-state index is 0.135. The minimum Gasteiger partial charge on any atom is -0.349 e. The summed E-state index contributed by atoms with van der Waals surface area (Å²) in [5.74, 6) is -0.00305. The van der Waals surface area contributed by atoms with Crippen LogP contribution in [0.1, 0.15) is 38.7 Å². The molecule has 0 saturated carbocycles. The molecule has 1 unspecified atom stereocenters. The molecule has 0 aliphatic heterocycles. The van der Waals surface area contributed by atoms with E-state index < -0.39 is 0 Å². The number of hydrogen-bond donors (Lipinski definition) is 1. The summed E-state index contributed by atoms with van der Waals surface area (Å²) in [7, 11) is 5.51. The summed E-state index contributed by atoms with van der Waals surface area (Å²) in [6.07, 6.45) is 1.24. The number of aryl methyl sites for hydroxylation is 3. The third-order valence-electron chi connectivity index (χ3n) is 7.14. The van der Waals surface area contributed by atoms with Crippen LogP contribution in [0.2, 0.25) is 0 Å². The Kier molecular flexibility index (Phi) is 6.96. The fourth-order valence-corrected chi connectivity index (χ4v) is 4.97. The second-order valence-corrected chi connectivity index (χ2v) is 9.78. The first-order valence-electron chi connectivity index (χ1n) is 12.8. The summed E-state index contributed by atoms with van der Waals surface area (Å²) < 4.78 is 3.55. The summed E-state index contributed by atoms with van der Waals surface area (Å²) in [6, 6.07) is 23.6. The number of fused-ring (bicyclic) bond motifs is 2. The van der Waals surface area contributed by atoms with E-state index in [1.54, 1.807) is 14.1 Å². The first-order valence-corrected chi connectivity index (χ1v) is 12.8. The van der Waals surface area contributed by atoms with Crippen molar-refractivity contribution in [2.75, 3.05) is 13.6 Å². The Morgan fingerprint density at radius 1 is 0.974 bits per heavy atom. The molecule has 3 aromatic carbocycles. The SMILES string of the molecule is Cc1ccc2c(c1)c(C(=O)N(C)C(CCNC(=O)c1nc3ccccc3n1C)Cc1ccccc1)nn2C. The highest BCUT2D eigenvalue weighted by Crippen LogP contribution is 2.22. The number of aromatic nitrogens is 4. The van der Waals surface area contributed by atoms with E-state index in [2.05, 4.69) is 27.5 Å². The third-order valence-corrected chi connectivity index (χ3v) is 7.14. The fourth-order valence-electron chi connectivity index (χ4n) is 4.97. The standard InChI is InChI=1S/C30H32N6O2/c1-20-14-15-25-23(18-20)27(33-36(25)4)30(38)34(2)22(19-21-10-6-5-7-11-21)16-17-31-29(37)28-32-24-12-8-9-13-26(24)35(28)3/h5-15,18,22H,16-17,19H2,1-4H3,(H,31,37). The molecule has 8 nitrogen and oxygen atoms in total. The summed E-state index contributed by atoms with van der Waals surface area (Å²) in [4.78, 5) is 33.0. The van der Waals surface area contributed by atoms with Crippen LogP contribution in [0.15, 0.2) is 72.8 Å². The molecule has 194 valence electrons. The van der Waals surface area contributed by atoms with Gasteiger partial charge in [-0.3, -0.25) is 14.3 Å². The zero-order valence-corrected chi connectivity index (χ0v) is 22.2. The maximum absolute atomic E-state index is 13.7. The quantitative estimate of drug-likeness (QED) is 0.339. The Labute approximate surface area is 221 Å². The van der Waals surface area contributed by atoms with Gasteiger partial charge < -0.3 is 14.8 Å². The molecule has 5 aromatic rings. The Morgan fingerprint density at radius 2 is 1.71 bits per heavy atom. The Morgan fingerprint density at radius 3 is 2.47 bits per heavy atom. The smallest absolute Gasteiger partial charge is 0.287 e. The number of benzene rings is 3. The van der Waals surface area contributed by atoms with Gasteiger partial charge in [0.05, 0.1) is 16.6 Å². The van der Waals surface area contributed by atoms with Gasteiger partial charge in [-0.2, -0.15) is 5.10 Å². The molecule has 0 aliphatic rings. The van der Waals surface area contributed by atoms with Gasteiger partial charge in [0.2, 0.25) is 0 Å². The van der Waals surface area contributed by atoms with Gasteiger partial charge in [-0.25, -0.2) is 4.98 Å². The molecule has 8 heteroatoms. The molecule has 0 aliphatic carbocycles. The van der Waals surface area contributed by atoms with E-state index in [0.29, 0.717) is 30.9 Å². The van der Waals surface area contributed by atoms with Crippen LogP contribution in [0.5, 0.6) is 0 Å². The molecular formula is C30H32N6O2. The number of hydrogen-bond acceptors (Lipinski definition) is 4. The van der Waals surface area contributed by atoms with Crippen molar-refractivity contribution in [1.29, 1.82) is 0 Å². The van der Waals surface area contributed by atoms with Crippen LogP contribution in [0.3, 0.4) is 0 Å². The molecule has 2 aromatic heterocycles. The lowest BCUT2D eigenvalue weighted by molar-refractivity contribution is 0.0718. The van der Waals surface area contributed by atoms with E-state index in [-0.39, 0.29) is 17.9 Å². The van der Waals surface area contributed by atoms with Crippen LogP contribution in [0.25, 0.3) is 21.9 Å². The average molecular weight is 509 g/mol. The summed E-state index contributed by atoms with van der Waals surface area (Å²) in [5, 5.41) is 8.42. The lowest BCUT2D eigenvalue weighted by Crippen LogP contribution is -2.41. The van der Waals surface area contributed by atoms with Gasteiger partial charge in [0.15, 0.2) is 11.5 Å². The predicted octanol–water partition coefficient (Wildman–Crippen LogP) is 4.27. The van der Waals surface area contributed by atoms with E-state index in [9.17, 15) is 9.59 Å². The molecule has 0 fully saturated rings. The average Bonchev–Trinajstić information content (AvgIpc) is 3.44. The van der Waals surface area contributed by atoms with Crippen LogP contribution in [-0.4, -0.2) is 55.7 Å². The molecule has 5 rings (SSSR count). The number of para-hydroxylation sites is 2. The summed E-state index contributed by atoms with van der Waals surface area (Å²) in [5.41, 5.74) is 5.25. The van der Waals surface area contributed by atoms with Crippen molar-refractivity contribution in [1.82, 2.24) is 29.5 Å². The zero-order valence-electron chi connectivity index (χ0n) is 22.2. The topological polar surface area (TPSA) is 85.1 Å². The van der Waals surface area contributed by atoms with Crippen molar-refractivity contribution in [3.05, 3.63) is 95.4 Å². The van der Waals surface area contributed by atoms with Crippen molar-refractivity contribution in [2.24, 2.45) is 14.1 Å². The Balaban J connectivity index is 1.35. The van der Waals surface area contributed by atoms with Crippen LogP contribution < -0.4 is 5.32 Å². The van der Waals surface area contributed by atoms with E-state index in [4.69, 9.17) is 0 Å². The predicted molar refractivity (Wildman–Crippen MR) is 149 cm³/mol. The van der Waals surface area contributed by atoms with Gasteiger partial charge >= 0.3 is 0 Å². The van der Waals surface area contributed by atoms with Gasteiger partial charge in [-0.1, -0.05) is 54.1 Å². The second-order valence-electron chi connectivity index (χ2n) is 9.78. The highest BCUT2D eigenvalue weighted by Gasteiger charge is 2.26. The van der Waals surface area contributed by atoms with Gasteiger partial charge in [0.1, 0.15) is 0 Å². The maximum Gasteiger partial charge on any atom is 0.287 e. The molecular weight excluding hydrogens is 476 g/mol. The highest BCUT2D eigenvalue weighted by molar-refractivity contribution is 6.05. The molecule has 0 radical (unpaired) electrons. The molecule has 2 heterocycles. The summed E-state index contributed by atoms with van der Waals surface area (Å²) >= 11 is 0. The van der Waals surface area contributed by atoms with Crippen LogP contribution in [0, 0.1) is 6.92 Å². The molecule has 2 amide bonds. The molecule has 38 heavy (non-hydrogen) atoms. The number of imidazole rings is 1. The van der Waals surface area contributed by atoms with E-state index in [1.807, 2.05) is 88.7 Å². The monoisotopic (exact) mass is 508 g/mol. The number of rotatable bonds is 8. The molecule has 0 saturated heterocycles. The van der Waals surface area contributed by atoms with E-state index in [1.165, 1.54) is 0 Å². The summed E-state index contributed by atoms with van der Waals surface area (Å²) in [6.45, 7) is 2.41. The fraction of sp³-hybridized carbons (Fsp3) is 0.267. The maximum atomic E-state index is 13.7. The van der Waals surface area contributed by atoms with Crippen LogP contribution in [-0.2, 0) is 20.5 Å². The van der Waals surface area contributed by atoms with Gasteiger partial charge in [-0.15, -0.1) is 0 Å². The molecule has 1 N–H and O–H groups in total. The number of carbonyl (C=O) groups is 2. The van der Waals surface area contributed by atoms with Crippen molar-refractivity contribution in [3.63, 3.8) is 0 Å². The van der Waals surface area contributed by atoms with Gasteiger partial charge in [-0.05, 0) is 49.6 Å². The second kappa shape index (κ2) is 10.5. The number of likely N-dealkylation sites (N-methyl/N-ethyl adjacent to an activating group) is 1. The van der Waals surface area contributed by atoms with Crippen molar-refractivity contribution in [3.8, 4) is 0 Å². The van der Waals surface area contributed by atoms with Gasteiger partial charge in [0, 0.05) is 39.1 Å². The van der Waals surface area contributed by atoms with Crippen molar-refractivity contribution >= 4 is 33.8 Å². The number of carbonyl (C=O) groups excluding carboxylic acids is 2. The molecule has 0 spiro atoms. The van der Waals surface area contributed by atoms with Crippen LogP contribution >= 0.6 is 0 Å². The Bertz CT molecular complexity index is 1620. The third kappa shape index (κ3) is 4.89. The lowest BCUT2D eigenvalue weighted by atomic mass is 10.0. The van der Waals surface area contributed by atoms with Crippen molar-refractivity contribution in [2.45, 2.75) is 25.8 Å². The zero-order chi connectivity index (χ0) is 26.8. The first-order chi connectivity index (χ1) is 18.3. The van der Waals surface area contributed by atoms with E-state index >= 15 is 0 Å². The van der Waals surface area contributed by atoms with E-state index in [0.717, 1.165) is 33.1 Å². The van der Waals surface area contributed by atoms with Crippen molar-refractivity contribution < 1.29 is 9.59 Å². The largest absolute Gasteiger partial charge is 0.349 e. The van der Waals surface area contributed by atoms with Crippen LogP contribution in [0.4, 0.5) is 0 Å². The first kappa shape index (κ1) is 25.2. The molecule has 0 bridgehead atoms.